The van der Waals surface area contributed by atoms with Gasteiger partial charge in [0.25, 0.3) is 0 Å². The van der Waals surface area contributed by atoms with E-state index in [0.717, 1.165) is 5.56 Å². The number of hydrogen-bond acceptors (Lipinski definition) is 3. The van der Waals surface area contributed by atoms with E-state index in [2.05, 4.69) is 5.32 Å². The second-order valence-electron chi connectivity index (χ2n) is 4.53. The van der Waals surface area contributed by atoms with Crippen molar-refractivity contribution in [2.24, 2.45) is 0 Å². The van der Waals surface area contributed by atoms with Crippen LogP contribution >= 0.6 is 23.2 Å². The van der Waals surface area contributed by atoms with Gasteiger partial charge in [-0.2, -0.15) is 0 Å². The average molecular weight is 304 g/mol. The van der Waals surface area contributed by atoms with Crippen molar-refractivity contribution in [2.45, 2.75) is 25.0 Å². The van der Waals surface area contributed by atoms with E-state index in [9.17, 15) is 9.90 Å². The summed E-state index contributed by atoms with van der Waals surface area (Å²) < 4.78 is 5.11. The predicted molar refractivity (Wildman–Crippen MR) is 73.5 cm³/mol. The first-order valence-electron chi connectivity index (χ1n) is 6.05. The van der Waals surface area contributed by atoms with E-state index in [-0.39, 0.29) is 25.0 Å². The Bertz CT molecular complexity index is 467. The molecule has 1 aromatic carbocycles. The van der Waals surface area contributed by atoms with Gasteiger partial charge in [0, 0.05) is 6.61 Å². The third kappa shape index (κ3) is 4.08. The van der Waals surface area contributed by atoms with Crippen LogP contribution < -0.4 is 5.32 Å². The van der Waals surface area contributed by atoms with Crippen molar-refractivity contribution in [3.8, 4) is 0 Å². The van der Waals surface area contributed by atoms with Crippen LogP contribution in [0.3, 0.4) is 0 Å². The molecule has 1 fully saturated rings. The molecular weight excluding hydrogens is 289 g/mol. The molecular formula is C13H15Cl2NO3. The molecule has 0 unspecified atom stereocenters. The normalized spacial score (nSPS) is 23.1. The number of halogens is 2. The topological polar surface area (TPSA) is 58.6 Å². The lowest BCUT2D eigenvalue weighted by Gasteiger charge is -2.28. The molecule has 19 heavy (non-hydrogen) atoms. The van der Waals surface area contributed by atoms with Crippen LogP contribution in [0.2, 0.25) is 10.0 Å². The van der Waals surface area contributed by atoms with Crippen LogP contribution in [-0.2, 0) is 16.0 Å². The van der Waals surface area contributed by atoms with Gasteiger partial charge in [0.15, 0.2) is 0 Å². The van der Waals surface area contributed by atoms with Gasteiger partial charge < -0.3 is 15.2 Å². The van der Waals surface area contributed by atoms with Crippen LogP contribution in [0.25, 0.3) is 0 Å². The largest absolute Gasteiger partial charge is 0.389 e. The van der Waals surface area contributed by atoms with Crippen molar-refractivity contribution in [3.63, 3.8) is 0 Å². The number of carbonyl (C=O) groups is 1. The average Bonchev–Trinajstić information content (AvgIpc) is 2.37. The van der Waals surface area contributed by atoms with Gasteiger partial charge in [0.1, 0.15) is 0 Å². The smallest absolute Gasteiger partial charge is 0.224 e. The van der Waals surface area contributed by atoms with Crippen LogP contribution in [0.1, 0.15) is 12.0 Å². The zero-order valence-electron chi connectivity index (χ0n) is 10.2. The molecule has 2 atom stereocenters. The lowest BCUT2D eigenvalue weighted by atomic mass is 10.1. The number of nitrogens with one attached hydrogen (secondary N) is 1. The maximum absolute atomic E-state index is 11.9. The molecule has 104 valence electrons. The molecule has 2 rings (SSSR count). The first-order valence-corrected chi connectivity index (χ1v) is 6.81. The number of hydrogen-bond donors (Lipinski definition) is 2. The number of benzene rings is 1. The summed E-state index contributed by atoms with van der Waals surface area (Å²) >= 11 is 11.7. The molecule has 0 bridgehead atoms. The molecule has 0 aromatic heterocycles. The number of ether oxygens (including phenoxy) is 1. The van der Waals surface area contributed by atoms with Crippen LogP contribution in [0, 0.1) is 0 Å². The number of rotatable bonds is 3. The Balaban J connectivity index is 1.91. The van der Waals surface area contributed by atoms with Crippen molar-refractivity contribution in [2.75, 3.05) is 13.2 Å². The van der Waals surface area contributed by atoms with Gasteiger partial charge >= 0.3 is 0 Å². The van der Waals surface area contributed by atoms with E-state index in [1.807, 2.05) is 0 Å². The van der Waals surface area contributed by atoms with E-state index in [1.54, 1.807) is 18.2 Å². The Kier molecular flexibility index (Phi) is 5.05. The number of carbonyl (C=O) groups excluding carboxylic acids is 1. The number of amides is 1. The van der Waals surface area contributed by atoms with Gasteiger partial charge in [-0.05, 0) is 24.1 Å². The van der Waals surface area contributed by atoms with E-state index in [1.165, 1.54) is 0 Å². The minimum Gasteiger partial charge on any atom is -0.389 e. The summed E-state index contributed by atoms with van der Waals surface area (Å²) in [6, 6.07) is 4.84. The summed E-state index contributed by atoms with van der Waals surface area (Å²) in [5.74, 6) is -0.149. The summed E-state index contributed by atoms with van der Waals surface area (Å²) in [7, 11) is 0. The molecule has 0 aliphatic carbocycles. The second kappa shape index (κ2) is 6.57. The van der Waals surface area contributed by atoms with Gasteiger partial charge in [-0.15, -0.1) is 0 Å². The zero-order chi connectivity index (χ0) is 13.8. The number of aliphatic hydroxyl groups is 1. The Morgan fingerprint density at radius 1 is 1.42 bits per heavy atom. The fraction of sp³-hybridized carbons (Fsp3) is 0.462. The molecule has 1 aliphatic rings. The monoisotopic (exact) mass is 303 g/mol. The summed E-state index contributed by atoms with van der Waals surface area (Å²) in [4.78, 5) is 11.9. The van der Waals surface area contributed by atoms with Crippen LogP contribution in [-0.4, -0.2) is 36.4 Å². The highest BCUT2D eigenvalue weighted by Crippen LogP contribution is 2.22. The standard InChI is InChI=1S/C13H15Cl2NO3/c14-9-2-1-8(5-10(9)15)6-13(18)16-11-3-4-19-7-12(11)17/h1-2,5,11-12,17H,3-4,6-7H2,(H,16,18)/t11-,12-/m1/s1. The number of aliphatic hydroxyl groups excluding tert-OH is 1. The molecule has 1 amide bonds. The van der Waals surface area contributed by atoms with Crippen molar-refractivity contribution < 1.29 is 14.6 Å². The molecule has 1 saturated heterocycles. The van der Waals surface area contributed by atoms with Crippen molar-refractivity contribution in [1.82, 2.24) is 5.32 Å². The zero-order valence-corrected chi connectivity index (χ0v) is 11.7. The second-order valence-corrected chi connectivity index (χ2v) is 5.34. The third-order valence-electron chi connectivity index (χ3n) is 3.02. The molecule has 1 heterocycles. The van der Waals surface area contributed by atoms with Crippen molar-refractivity contribution in [1.29, 1.82) is 0 Å². The molecule has 1 aromatic rings. The summed E-state index contributed by atoms with van der Waals surface area (Å²) in [5.41, 5.74) is 0.786. The SMILES string of the molecule is O=C(Cc1ccc(Cl)c(Cl)c1)N[C@@H]1CCOC[C@H]1O. The first-order chi connectivity index (χ1) is 9.06. The van der Waals surface area contributed by atoms with Gasteiger partial charge in [-0.3, -0.25) is 4.79 Å². The van der Waals surface area contributed by atoms with E-state index in [4.69, 9.17) is 27.9 Å². The third-order valence-corrected chi connectivity index (χ3v) is 3.76. The van der Waals surface area contributed by atoms with Crippen LogP contribution in [0.4, 0.5) is 0 Å². The minimum atomic E-state index is -0.647. The molecule has 2 N–H and O–H groups in total. The fourth-order valence-electron chi connectivity index (χ4n) is 1.98. The first kappa shape index (κ1) is 14.6. The van der Waals surface area contributed by atoms with Gasteiger partial charge in [-0.25, -0.2) is 0 Å². The van der Waals surface area contributed by atoms with E-state index >= 15 is 0 Å². The molecule has 0 radical (unpaired) electrons. The lowest BCUT2D eigenvalue weighted by Crippen LogP contribution is -2.49. The maximum atomic E-state index is 11.9. The van der Waals surface area contributed by atoms with Gasteiger partial charge in [0.05, 0.1) is 35.2 Å². The van der Waals surface area contributed by atoms with E-state index in [0.29, 0.717) is 23.1 Å². The maximum Gasteiger partial charge on any atom is 0.224 e. The van der Waals surface area contributed by atoms with E-state index < -0.39 is 6.10 Å². The summed E-state index contributed by atoms with van der Waals surface area (Å²) in [5, 5.41) is 13.4. The highest BCUT2D eigenvalue weighted by atomic mass is 35.5. The van der Waals surface area contributed by atoms with Gasteiger partial charge in [-0.1, -0.05) is 29.3 Å². The Morgan fingerprint density at radius 3 is 2.89 bits per heavy atom. The summed E-state index contributed by atoms with van der Waals surface area (Å²) in [6.45, 7) is 0.812. The quantitative estimate of drug-likeness (QED) is 0.895. The van der Waals surface area contributed by atoms with Crippen molar-refractivity contribution >= 4 is 29.1 Å². The highest BCUT2D eigenvalue weighted by molar-refractivity contribution is 6.42. The highest BCUT2D eigenvalue weighted by Gasteiger charge is 2.25. The Morgan fingerprint density at radius 2 is 2.21 bits per heavy atom. The minimum absolute atomic E-state index is 0.149. The van der Waals surface area contributed by atoms with Crippen molar-refractivity contribution in [3.05, 3.63) is 33.8 Å². The van der Waals surface area contributed by atoms with Gasteiger partial charge in [0.2, 0.25) is 5.91 Å². The molecule has 4 nitrogen and oxygen atoms in total. The molecule has 1 aliphatic heterocycles. The molecule has 0 spiro atoms. The Labute approximate surface area is 121 Å². The predicted octanol–water partition coefficient (Wildman–Crippen LogP) is 1.80. The van der Waals surface area contributed by atoms with Crippen LogP contribution in [0.15, 0.2) is 18.2 Å². The lowest BCUT2D eigenvalue weighted by molar-refractivity contribution is -0.123. The molecule has 6 heteroatoms. The summed E-state index contributed by atoms with van der Waals surface area (Å²) in [6.07, 6.45) is 0.182. The van der Waals surface area contributed by atoms with Crippen LogP contribution in [0.5, 0.6) is 0 Å². The molecule has 0 saturated carbocycles. The Hall–Kier alpha value is -0.810. The fourth-order valence-corrected chi connectivity index (χ4v) is 2.30.